The SMILES string of the molecule is CC1CCN(C(=O)CN2C(=O)S/C(=C\c3ccc(OCc4ccc(F)cc4)cc3)C2=O)CC1. The third kappa shape index (κ3) is 5.82. The second-order valence-electron chi connectivity index (χ2n) is 8.32. The predicted octanol–water partition coefficient (Wildman–Crippen LogP) is 4.70. The molecule has 2 aliphatic rings. The quantitative estimate of drug-likeness (QED) is 0.575. The molecule has 2 aliphatic heterocycles. The summed E-state index contributed by atoms with van der Waals surface area (Å²) < 4.78 is 18.7. The van der Waals surface area contributed by atoms with Gasteiger partial charge in [-0.25, -0.2) is 4.39 Å². The minimum Gasteiger partial charge on any atom is -0.489 e. The van der Waals surface area contributed by atoms with Crippen LogP contribution in [0.3, 0.4) is 0 Å². The molecular formula is C25H25FN2O4S. The van der Waals surface area contributed by atoms with Crippen molar-refractivity contribution in [3.05, 3.63) is 70.4 Å². The number of halogens is 1. The highest BCUT2D eigenvalue weighted by molar-refractivity contribution is 8.18. The standard InChI is InChI=1S/C25H25FN2O4S/c1-17-10-12-27(13-11-17)23(29)15-28-24(30)22(33-25(28)31)14-18-4-8-21(9-5-18)32-16-19-2-6-20(26)7-3-19/h2-9,14,17H,10-13,15-16H2,1H3/b22-14-. The van der Waals surface area contributed by atoms with E-state index in [0.29, 0.717) is 36.3 Å². The molecule has 0 bridgehead atoms. The molecule has 0 spiro atoms. The normalized spacial score (nSPS) is 18.3. The molecule has 0 unspecified atom stereocenters. The zero-order valence-electron chi connectivity index (χ0n) is 18.3. The summed E-state index contributed by atoms with van der Waals surface area (Å²) in [6, 6.07) is 13.2. The van der Waals surface area contributed by atoms with Gasteiger partial charge < -0.3 is 9.64 Å². The number of imide groups is 1. The predicted molar refractivity (Wildman–Crippen MR) is 125 cm³/mol. The Morgan fingerprint density at radius 3 is 2.42 bits per heavy atom. The number of thioether (sulfide) groups is 1. The second-order valence-corrected chi connectivity index (χ2v) is 9.31. The van der Waals surface area contributed by atoms with Crippen molar-refractivity contribution in [2.75, 3.05) is 19.6 Å². The lowest BCUT2D eigenvalue weighted by Gasteiger charge is -2.31. The van der Waals surface area contributed by atoms with Gasteiger partial charge >= 0.3 is 0 Å². The van der Waals surface area contributed by atoms with Crippen LogP contribution in [-0.2, 0) is 16.2 Å². The summed E-state index contributed by atoms with van der Waals surface area (Å²) in [6.45, 7) is 3.59. The van der Waals surface area contributed by atoms with Crippen molar-refractivity contribution in [1.82, 2.24) is 9.80 Å². The third-order valence-electron chi connectivity index (χ3n) is 5.80. The van der Waals surface area contributed by atoms with E-state index in [1.54, 1.807) is 47.4 Å². The fourth-order valence-electron chi connectivity index (χ4n) is 3.69. The summed E-state index contributed by atoms with van der Waals surface area (Å²) in [6.07, 6.45) is 3.52. The van der Waals surface area contributed by atoms with Crippen LogP contribution in [0.5, 0.6) is 5.75 Å². The lowest BCUT2D eigenvalue weighted by Crippen LogP contribution is -2.45. The molecule has 2 aromatic carbocycles. The minimum absolute atomic E-state index is 0.187. The van der Waals surface area contributed by atoms with Crippen molar-refractivity contribution < 1.29 is 23.5 Å². The number of rotatable bonds is 6. The highest BCUT2D eigenvalue weighted by atomic mass is 32.2. The Balaban J connectivity index is 1.34. The summed E-state index contributed by atoms with van der Waals surface area (Å²) >= 11 is 0.844. The van der Waals surface area contributed by atoms with Crippen LogP contribution in [0.2, 0.25) is 0 Å². The minimum atomic E-state index is -0.444. The summed E-state index contributed by atoms with van der Waals surface area (Å²) in [5.41, 5.74) is 1.59. The van der Waals surface area contributed by atoms with E-state index in [0.717, 1.165) is 40.6 Å². The Kier molecular flexibility index (Phi) is 7.13. The van der Waals surface area contributed by atoms with Gasteiger partial charge in [0.05, 0.1) is 4.91 Å². The van der Waals surface area contributed by atoms with Gasteiger partial charge in [0, 0.05) is 13.1 Å². The van der Waals surface area contributed by atoms with Gasteiger partial charge in [-0.2, -0.15) is 0 Å². The topological polar surface area (TPSA) is 66.9 Å². The Morgan fingerprint density at radius 2 is 1.76 bits per heavy atom. The van der Waals surface area contributed by atoms with Crippen molar-refractivity contribution in [3.8, 4) is 5.75 Å². The van der Waals surface area contributed by atoms with E-state index >= 15 is 0 Å². The second kappa shape index (κ2) is 10.2. The van der Waals surface area contributed by atoms with Gasteiger partial charge in [-0.1, -0.05) is 31.2 Å². The van der Waals surface area contributed by atoms with Gasteiger partial charge in [-0.05, 0) is 72.0 Å². The highest BCUT2D eigenvalue weighted by Gasteiger charge is 2.37. The van der Waals surface area contributed by atoms with E-state index in [2.05, 4.69) is 6.92 Å². The lowest BCUT2D eigenvalue weighted by atomic mass is 9.99. The summed E-state index contributed by atoms with van der Waals surface area (Å²) in [5, 5.41) is -0.427. The largest absolute Gasteiger partial charge is 0.489 e. The molecule has 4 rings (SSSR count). The number of nitrogens with zero attached hydrogens (tertiary/aromatic N) is 2. The molecule has 0 radical (unpaired) electrons. The van der Waals surface area contributed by atoms with E-state index in [9.17, 15) is 18.8 Å². The molecule has 33 heavy (non-hydrogen) atoms. The van der Waals surface area contributed by atoms with Crippen LogP contribution in [0.1, 0.15) is 30.9 Å². The van der Waals surface area contributed by atoms with E-state index in [4.69, 9.17) is 4.74 Å². The van der Waals surface area contributed by atoms with Gasteiger partial charge in [0.25, 0.3) is 11.1 Å². The number of hydrogen-bond donors (Lipinski definition) is 0. The first kappa shape index (κ1) is 23.0. The fourth-order valence-corrected chi connectivity index (χ4v) is 4.53. The van der Waals surface area contributed by atoms with Crippen LogP contribution in [0.15, 0.2) is 53.4 Å². The fraction of sp³-hybridized carbons (Fsp3) is 0.320. The van der Waals surface area contributed by atoms with Crippen LogP contribution >= 0.6 is 11.8 Å². The molecule has 2 aromatic rings. The smallest absolute Gasteiger partial charge is 0.294 e. The molecule has 0 N–H and O–H groups in total. The number of carbonyl (C=O) groups is 3. The van der Waals surface area contributed by atoms with Crippen LogP contribution < -0.4 is 4.74 Å². The van der Waals surface area contributed by atoms with Gasteiger partial charge in [0.15, 0.2) is 0 Å². The van der Waals surface area contributed by atoms with Crippen molar-refractivity contribution in [2.24, 2.45) is 5.92 Å². The Bertz CT molecular complexity index is 1060. The van der Waals surface area contributed by atoms with Crippen molar-refractivity contribution in [1.29, 1.82) is 0 Å². The molecule has 2 fully saturated rings. The monoisotopic (exact) mass is 468 g/mol. The van der Waals surface area contributed by atoms with Crippen LogP contribution in [0.25, 0.3) is 6.08 Å². The number of benzene rings is 2. The first-order valence-corrected chi connectivity index (χ1v) is 11.7. The number of hydrogen-bond acceptors (Lipinski definition) is 5. The van der Waals surface area contributed by atoms with E-state index in [-0.39, 0.29) is 18.3 Å². The first-order valence-electron chi connectivity index (χ1n) is 10.9. The zero-order valence-corrected chi connectivity index (χ0v) is 19.1. The van der Waals surface area contributed by atoms with Crippen LogP contribution in [0, 0.1) is 11.7 Å². The van der Waals surface area contributed by atoms with Crippen molar-refractivity contribution in [3.63, 3.8) is 0 Å². The third-order valence-corrected chi connectivity index (χ3v) is 6.71. The molecule has 2 saturated heterocycles. The average molecular weight is 469 g/mol. The molecule has 3 amide bonds. The summed E-state index contributed by atoms with van der Waals surface area (Å²) in [7, 11) is 0. The van der Waals surface area contributed by atoms with Crippen molar-refractivity contribution in [2.45, 2.75) is 26.4 Å². The van der Waals surface area contributed by atoms with Crippen LogP contribution in [0.4, 0.5) is 9.18 Å². The molecular weight excluding hydrogens is 443 g/mol. The van der Waals surface area contributed by atoms with E-state index in [1.807, 2.05) is 0 Å². The number of ether oxygens (including phenoxy) is 1. The summed E-state index contributed by atoms with van der Waals surface area (Å²) in [4.78, 5) is 40.7. The van der Waals surface area contributed by atoms with Gasteiger partial charge in [0.2, 0.25) is 5.91 Å². The maximum atomic E-state index is 13.0. The molecule has 0 saturated carbocycles. The molecule has 0 aliphatic carbocycles. The zero-order chi connectivity index (χ0) is 23.4. The summed E-state index contributed by atoms with van der Waals surface area (Å²) in [5.74, 6) is 0.298. The molecule has 0 aromatic heterocycles. The molecule has 6 nitrogen and oxygen atoms in total. The molecule has 8 heteroatoms. The van der Waals surface area contributed by atoms with Gasteiger partial charge in [0.1, 0.15) is 24.7 Å². The number of amides is 3. The van der Waals surface area contributed by atoms with Crippen LogP contribution in [-0.4, -0.2) is 46.5 Å². The Morgan fingerprint density at radius 1 is 1.09 bits per heavy atom. The lowest BCUT2D eigenvalue weighted by molar-refractivity contribution is -0.136. The number of carbonyl (C=O) groups excluding carboxylic acids is 3. The molecule has 172 valence electrons. The van der Waals surface area contributed by atoms with Gasteiger partial charge in [-0.3, -0.25) is 19.3 Å². The number of likely N-dealkylation sites (tertiary alicyclic amines) is 1. The average Bonchev–Trinajstić information content (AvgIpc) is 3.07. The molecule has 0 atom stereocenters. The molecule has 2 heterocycles. The maximum Gasteiger partial charge on any atom is 0.294 e. The van der Waals surface area contributed by atoms with Gasteiger partial charge in [-0.15, -0.1) is 0 Å². The Hall–Kier alpha value is -3.13. The van der Waals surface area contributed by atoms with E-state index in [1.165, 1.54) is 12.1 Å². The highest BCUT2D eigenvalue weighted by Crippen LogP contribution is 2.32. The van der Waals surface area contributed by atoms with E-state index < -0.39 is 11.1 Å². The van der Waals surface area contributed by atoms with Crippen molar-refractivity contribution >= 4 is 34.9 Å². The Labute approximate surface area is 196 Å². The first-order chi connectivity index (χ1) is 15.9. The maximum absolute atomic E-state index is 13.0. The number of piperidine rings is 1.